The van der Waals surface area contributed by atoms with Gasteiger partial charge in [0, 0.05) is 24.9 Å². The first-order valence-corrected chi connectivity index (χ1v) is 7.74. The van der Waals surface area contributed by atoms with E-state index in [2.05, 4.69) is 4.90 Å². The number of thioether (sulfide) groups is 1. The molecule has 0 bridgehead atoms. The van der Waals surface area contributed by atoms with Gasteiger partial charge in [0.1, 0.15) is 4.32 Å². The highest BCUT2D eigenvalue weighted by Crippen LogP contribution is 2.29. The van der Waals surface area contributed by atoms with Crippen molar-refractivity contribution in [2.45, 2.75) is 18.6 Å². The summed E-state index contributed by atoms with van der Waals surface area (Å²) >= 11 is 6.93. The molecule has 1 aliphatic rings. The molecule has 0 atom stereocenters. The highest BCUT2D eigenvalue weighted by molar-refractivity contribution is 8.22. The maximum Gasteiger partial charge on any atom is 0.311 e. The highest BCUT2D eigenvalue weighted by atomic mass is 32.2. The zero-order valence-corrected chi connectivity index (χ0v) is 12.8. The molecule has 0 spiro atoms. The zero-order chi connectivity index (χ0) is 14.5. The fourth-order valence-corrected chi connectivity index (χ4v) is 3.30. The van der Waals surface area contributed by atoms with Crippen LogP contribution in [-0.2, 0) is 5.75 Å². The Balaban J connectivity index is 2.00. The number of nitro benzene ring substituents is 1. The summed E-state index contributed by atoms with van der Waals surface area (Å²) in [5, 5.41) is 11.0. The first-order chi connectivity index (χ1) is 9.61. The van der Waals surface area contributed by atoms with Gasteiger partial charge in [0.25, 0.3) is 0 Å². The average Bonchev–Trinajstić information content (AvgIpc) is 2.98. The number of ether oxygens (including phenoxy) is 1. The molecule has 0 N–H and O–H groups in total. The van der Waals surface area contributed by atoms with Gasteiger partial charge >= 0.3 is 5.69 Å². The average molecular weight is 312 g/mol. The third-order valence-corrected chi connectivity index (χ3v) is 4.76. The molecule has 2 rings (SSSR count). The molecule has 0 aliphatic carbocycles. The maximum absolute atomic E-state index is 11.0. The molecule has 1 aliphatic heterocycles. The topological polar surface area (TPSA) is 55.6 Å². The number of likely N-dealkylation sites (tertiary alicyclic amines) is 1. The third-order valence-electron chi connectivity index (χ3n) is 3.17. The summed E-state index contributed by atoms with van der Waals surface area (Å²) in [7, 11) is 1.43. The van der Waals surface area contributed by atoms with Crippen molar-refractivity contribution in [3.63, 3.8) is 0 Å². The lowest BCUT2D eigenvalue weighted by molar-refractivity contribution is -0.385. The second-order valence-electron chi connectivity index (χ2n) is 4.51. The minimum Gasteiger partial charge on any atom is -0.490 e. The number of nitro groups is 1. The van der Waals surface area contributed by atoms with E-state index < -0.39 is 4.92 Å². The molecular weight excluding hydrogens is 296 g/mol. The Kier molecular flexibility index (Phi) is 5.19. The van der Waals surface area contributed by atoms with Crippen LogP contribution in [0.4, 0.5) is 5.69 Å². The molecular formula is C13H16N2O3S2. The number of thiocarbonyl (C=S) groups is 1. The third kappa shape index (κ3) is 3.61. The van der Waals surface area contributed by atoms with Crippen LogP contribution in [-0.4, -0.2) is 34.3 Å². The van der Waals surface area contributed by atoms with Gasteiger partial charge < -0.3 is 9.64 Å². The molecule has 108 valence electrons. The van der Waals surface area contributed by atoms with E-state index in [4.69, 9.17) is 17.0 Å². The van der Waals surface area contributed by atoms with Crippen LogP contribution in [0.25, 0.3) is 0 Å². The molecule has 0 unspecified atom stereocenters. The van der Waals surface area contributed by atoms with Crippen LogP contribution in [0.1, 0.15) is 18.4 Å². The standard InChI is InChI=1S/C13H16N2O3S2/c1-18-12-5-4-10(8-11(12)15(16)17)9-20-13(19)14-6-2-3-7-14/h4-5,8H,2-3,6-7,9H2,1H3. The second-order valence-corrected chi connectivity index (χ2v) is 6.12. The molecule has 1 saturated heterocycles. The van der Waals surface area contributed by atoms with Gasteiger partial charge in [-0.25, -0.2) is 0 Å². The number of rotatable bonds is 4. The van der Waals surface area contributed by atoms with Gasteiger partial charge in [0.15, 0.2) is 5.75 Å². The lowest BCUT2D eigenvalue weighted by atomic mass is 10.2. The van der Waals surface area contributed by atoms with Crippen molar-refractivity contribution >= 4 is 34.0 Å². The predicted molar refractivity (Wildman–Crippen MR) is 84.3 cm³/mol. The summed E-state index contributed by atoms with van der Waals surface area (Å²) < 4.78 is 5.86. The van der Waals surface area contributed by atoms with Crippen LogP contribution in [0.2, 0.25) is 0 Å². The van der Waals surface area contributed by atoms with Crippen LogP contribution in [0.15, 0.2) is 18.2 Å². The minimum atomic E-state index is -0.425. The van der Waals surface area contributed by atoms with Crippen molar-refractivity contribution in [2.24, 2.45) is 0 Å². The Morgan fingerprint density at radius 3 is 2.80 bits per heavy atom. The van der Waals surface area contributed by atoms with Gasteiger partial charge in [-0.05, 0) is 24.5 Å². The van der Waals surface area contributed by atoms with Crippen molar-refractivity contribution in [2.75, 3.05) is 20.2 Å². The molecule has 0 saturated carbocycles. The Morgan fingerprint density at radius 2 is 2.20 bits per heavy atom. The van der Waals surface area contributed by atoms with E-state index in [-0.39, 0.29) is 11.4 Å². The Labute approximate surface area is 127 Å². The SMILES string of the molecule is COc1ccc(CSC(=S)N2CCCC2)cc1[N+](=O)[O-]. The predicted octanol–water partition coefficient (Wildman–Crippen LogP) is 3.22. The lowest BCUT2D eigenvalue weighted by Crippen LogP contribution is -2.23. The summed E-state index contributed by atoms with van der Waals surface area (Å²) in [6.07, 6.45) is 2.38. The van der Waals surface area contributed by atoms with E-state index in [0.717, 1.165) is 23.0 Å². The Morgan fingerprint density at radius 1 is 1.50 bits per heavy atom. The maximum atomic E-state index is 11.0. The smallest absolute Gasteiger partial charge is 0.311 e. The van der Waals surface area contributed by atoms with E-state index in [1.54, 1.807) is 23.9 Å². The van der Waals surface area contributed by atoms with Crippen molar-refractivity contribution in [3.05, 3.63) is 33.9 Å². The van der Waals surface area contributed by atoms with E-state index in [1.165, 1.54) is 20.0 Å². The number of hydrogen-bond donors (Lipinski definition) is 0. The number of methoxy groups -OCH3 is 1. The quantitative estimate of drug-likeness (QED) is 0.483. The summed E-state index contributed by atoms with van der Waals surface area (Å²) in [5.74, 6) is 0.922. The molecule has 1 aromatic rings. The van der Waals surface area contributed by atoms with Crippen LogP contribution in [0.5, 0.6) is 5.75 Å². The Bertz CT molecular complexity index is 516. The van der Waals surface area contributed by atoms with Crippen LogP contribution in [0, 0.1) is 10.1 Å². The van der Waals surface area contributed by atoms with Gasteiger partial charge in [0.2, 0.25) is 0 Å². The van der Waals surface area contributed by atoms with Crippen molar-refractivity contribution in [3.8, 4) is 5.75 Å². The lowest BCUT2D eigenvalue weighted by Gasteiger charge is -2.17. The van der Waals surface area contributed by atoms with E-state index in [0.29, 0.717) is 5.75 Å². The van der Waals surface area contributed by atoms with E-state index in [1.807, 2.05) is 6.07 Å². The fourth-order valence-electron chi connectivity index (χ4n) is 2.10. The molecule has 1 heterocycles. The molecule has 20 heavy (non-hydrogen) atoms. The van der Waals surface area contributed by atoms with Crippen molar-refractivity contribution < 1.29 is 9.66 Å². The molecule has 0 radical (unpaired) electrons. The van der Waals surface area contributed by atoms with Gasteiger partial charge in [-0.2, -0.15) is 0 Å². The first-order valence-electron chi connectivity index (χ1n) is 6.35. The summed E-state index contributed by atoms with van der Waals surface area (Å²) in [4.78, 5) is 12.7. The van der Waals surface area contributed by atoms with Gasteiger partial charge in [-0.1, -0.05) is 30.0 Å². The van der Waals surface area contributed by atoms with Gasteiger partial charge in [0.05, 0.1) is 12.0 Å². The largest absolute Gasteiger partial charge is 0.490 e. The van der Waals surface area contributed by atoms with E-state index >= 15 is 0 Å². The summed E-state index contributed by atoms with van der Waals surface area (Å²) in [6.45, 7) is 2.04. The summed E-state index contributed by atoms with van der Waals surface area (Å²) in [6, 6.07) is 5.02. The van der Waals surface area contributed by atoms with Gasteiger partial charge in [-0.3, -0.25) is 10.1 Å². The van der Waals surface area contributed by atoms with E-state index in [9.17, 15) is 10.1 Å². The van der Waals surface area contributed by atoms with Gasteiger partial charge in [-0.15, -0.1) is 0 Å². The minimum absolute atomic E-state index is 0.00214. The zero-order valence-electron chi connectivity index (χ0n) is 11.2. The first kappa shape index (κ1) is 15.1. The number of nitrogens with zero attached hydrogens (tertiary/aromatic N) is 2. The number of hydrogen-bond acceptors (Lipinski definition) is 5. The summed E-state index contributed by atoms with van der Waals surface area (Å²) in [5.41, 5.74) is 0.877. The molecule has 1 fully saturated rings. The molecule has 0 aromatic heterocycles. The second kappa shape index (κ2) is 6.90. The normalized spacial score (nSPS) is 14.3. The molecule has 5 nitrogen and oxygen atoms in total. The highest BCUT2D eigenvalue weighted by Gasteiger charge is 2.17. The fraction of sp³-hybridized carbons (Fsp3) is 0.462. The molecule has 7 heteroatoms. The number of benzene rings is 1. The van der Waals surface area contributed by atoms with Crippen molar-refractivity contribution in [1.29, 1.82) is 0 Å². The van der Waals surface area contributed by atoms with Crippen molar-refractivity contribution in [1.82, 2.24) is 4.90 Å². The monoisotopic (exact) mass is 312 g/mol. The molecule has 0 amide bonds. The Hall–Kier alpha value is -1.34. The molecule has 1 aromatic carbocycles. The van der Waals surface area contributed by atoms with Crippen LogP contribution in [0.3, 0.4) is 0 Å². The van der Waals surface area contributed by atoms with Crippen LogP contribution < -0.4 is 4.74 Å². The van der Waals surface area contributed by atoms with Crippen LogP contribution >= 0.6 is 24.0 Å².